The lowest BCUT2D eigenvalue weighted by Crippen LogP contribution is -2.80. The number of hydrogen-bond donors (Lipinski definition) is 5. The van der Waals surface area contributed by atoms with E-state index >= 15 is 0 Å². The largest absolute Gasteiger partial charge is 0.461 e. The summed E-state index contributed by atoms with van der Waals surface area (Å²) < 4.78 is 22.9. The Morgan fingerprint density at radius 1 is 1.09 bits per heavy atom. The van der Waals surface area contributed by atoms with Gasteiger partial charge in [-0.15, -0.1) is 0 Å². The second-order valence-corrected chi connectivity index (χ2v) is 9.76. The SMILES string of the molecule is C[C@]12C[C@H](O)[C@@H]3C[C@@]1(O[C@@H]1O[C@H](CO)[C@@H](O)[C@H](O)[C@H]1O)[C@@]3(COC(=O)c1ccccc1)C(=O)O2. The predicted octanol–water partition coefficient (Wildman–Crippen LogP) is -1.51. The van der Waals surface area contributed by atoms with Crippen molar-refractivity contribution in [2.75, 3.05) is 13.2 Å². The lowest BCUT2D eigenvalue weighted by molar-refractivity contribution is -0.394. The first-order valence-electron chi connectivity index (χ1n) is 11.2. The van der Waals surface area contributed by atoms with Crippen LogP contribution in [0.3, 0.4) is 0 Å². The summed E-state index contributed by atoms with van der Waals surface area (Å²) in [5.41, 5.74) is -4.08. The van der Waals surface area contributed by atoms with Gasteiger partial charge in [-0.1, -0.05) is 18.2 Å². The van der Waals surface area contributed by atoms with E-state index in [1.807, 2.05) is 0 Å². The third kappa shape index (κ3) is 2.95. The molecule has 6 rings (SSSR count). The van der Waals surface area contributed by atoms with Gasteiger partial charge in [0.25, 0.3) is 0 Å². The average molecular weight is 480 g/mol. The smallest absolute Gasteiger partial charge is 0.338 e. The summed E-state index contributed by atoms with van der Waals surface area (Å²) in [6.07, 6.45) is -8.41. The number of carbonyl (C=O) groups excluding carboxylic acids is 2. The zero-order valence-electron chi connectivity index (χ0n) is 18.4. The lowest BCUT2D eigenvalue weighted by Gasteiger charge is -2.66. The summed E-state index contributed by atoms with van der Waals surface area (Å²) in [5.74, 6) is -2.00. The van der Waals surface area contributed by atoms with Crippen LogP contribution in [0, 0.1) is 11.3 Å². The lowest BCUT2D eigenvalue weighted by atomic mass is 9.40. The molecule has 2 aliphatic heterocycles. The molecule has 0 unspecified atom stereocenters. The second-order valence-electron chi connectivity index (χ2n) is 9.76. The van der Waals surface area contributed by atoms with Crippen molar-refractivity contribution in [2.24, 2.45) is 11.3 Å². The highest BCUT2D eigenvalue weighted by Crippen LogP contribution is 2.73. The Labute approximate surface area is 194 Å². The Kier molecular flexibility index (Phi) is 5.52. The molecule has 1 aromatic carbocycles. The van der Waals surface area contributed by atoms with E-state index in [1.165, 1.54) is 0 Å². The monoisotopic (exact) mass is 480 g/mol. The quantitative estimate of drug-likeness (QED) is 0.300. The number of hydrogen-bond acceptors (Lipinski definition) is 11. The number of ether oxygens (including phenoxy) is 4. The van der Waals surface area contributed by atoms with Crippen molar-refractivity contribution in [3.63, 3.8) is 0 Å². The summed E-state index contributed by atoms with van der Waals surface area (Å²) in [6.45, 7) is 0.508. The zero-order valence-corrected chi connectivity index (χ0v) is 18.4. The molecule has 4 bridgehead atoms. The van der Waals surface area contributed by atoms with Crippen LogP contribution in [0.2, 0.25) is 0 Å². The summed E-state index contributed by atoms with van der Waals surface area (Å²) in [4.78, 5) is 25.9. The molecule has 0 radical (unpaired) electrons. The Morgan fingerprint density at radius 3 is 2.47 bits per heavy atom. The molecule has 2 heterocycles. The normalized spacial score (nSPS) is 47.0. The van der Waals surface area contributed by atoms with E-state index in [1.54, 1.807) is 37.3 Å². The molecule has 5 fully saturated rings. The molecule has 11 heteroatoms. The molecular weight excluding hydrogens is 452 g/mol. The van der Waals surface area contributed by atoms with E-state index in [-0.39, 0.29) is 18.4 Å². The van der Waals surface area contributed by atoms with Gasteiger partial charge >= 0.3 is 11.9 Å². The molecule has 1 aromatic rings. The van der Waals surface area contributed by atoms with E-state index in [9.17, 15) is 35.1 Å². The van der Waals surface area contributed by atoms with Gasteiger partial charge in [-0.05, 0) is 25.5 Å². The van der Waals surface area contributed by atoms with E-state index in [0.29, 0.717) is 0 Å². The van der Waals surface area contributed by atoms with Crippen molar-refractivity contribution < 1.29 is 54.1 Å². The topological polar surface area (TPSA) is 172 Å². The molecule has 34 heavy (non-hydrogen) atoms. The van der Waals surface area contributed by atoms with Gasteiger partial charge in [-0.25, -0.2) is 4.79 Å². The number of aliphatic hydroxyl groups excluding tert-OH is 5. The van der Waals surface area contributed by atoms with Crippen molar-refractivity contribution in [1.82, 2.24) is 0 Å². The summed E-state index contributed by atoms with van der Waals surface area (Å²) >= 11 is 0. The first-order chi connectivity index (χ1) is 16.1. The minimum Gasteiger partial charge on any atom is -0.461 e. The number of fused-ring (bicyclic) bond motifs is 1. The van der Waals surface area contributed by atoms with Crippen molar-refractivity contribution in [2.45, 2.75) is 67.8 Å². The molecule has 0 amide bonds. The first-order valence-corrected chi connectivity index (χ1v) is 11.2. The minimum atomic E-state index is -1.69. The second kappa shape index (κ2) is 7.95. The van der Waals surface area contributed by atoms with Crippen LogP contribution in [0.25, 0.3) is 0 Å². The molecule has 0 spiro atoms. The first kappa shape index (κ1) is 23.6. The Hall–Kier alpha value is -2.12. The van der Waals surface area contributed by atoms with Crippen LogP contribution < -0.4 is 0 Å². The van der Waals surface area contributed by atoms with Crippen LogP contribution in [0.1, 0.15) is 30.1 Å². The van der Waals surface area contributed by atoms with Crippen LogP contribution in [0.4, 0.5) is 0 Å². The maximum atomic E-state index is 13.2. The Morgan fingerprint density at radius 2 is 1.79 bits per heavy atom. The molecule has 186 valence electrons. The number of rotatable bonds is 6. The van der Waals surface area contributed by atoms with Gasteiger partial charge in [0.1, 0.15) is 47.6 Å². The van der Waals surface area contributed by atoms with E-state index < -0.39 is 84.5 Å². The molecule has 2 saturated heterocycles. The van der Waals surface area contributed by atoms with E-state index in [2.05, 4.69) is 0 Å². The van der Waals surface area contributed by atoms with Crippen LogP contribution in [-0.4, -0.2) is 98.7 Å². The third-order valence-electron chi connectivity index (χ3n) is 8.07. The summed E-state index contributed by atoms with van der Waals surface area (Å²) in [7, 11) is 0. The molecule has 3 saturated carbocycles. The number of esters is 2. The molecule has 10 atom stereocenters. The molecule has 5 aliphatic rings. The van der Waals surface area contributed by atoms with Gasteiger partial charge in [0, 0.05) is 12.3 Å². The average Bonchev–Trinajstić information content (AvgIpc) is 2.88. The zero-order chi connectivity index (χ0) is 24.5. The van der Waals surface area contributed by atoms with Gasteiger partial charge < -0.3 is 44.5 Å². The standard InChI is InChI=1S/C23H28O11/c1-21-8-13(25)12-7-23(21,33-19-17(28)16(27)15(26)14(9-24)32-19)22(12,20(30)34-21)10-31-18(29)11-5-3-2-4-6-11/h2-6,12-17,19,24-28H,7-10H2,1H3/t12-,13-,14+,15+,16-,17+,19-,21-,22+,23-/m0/s1. The van der Waals surface area contributed by atoms with E-state index in [4.69, 9.17) is 18.9 Å². The van der Waals surface area contributed by atoms with Crippen LogP contribution in [-0.2, 0) is 23.7 Å². The molecule has 5 N–H and O–H groups in total. The molecule has 3 aliphatic carbocycles. The van der Waals surface area contributed by atoms with Gasteiger partial charge in [-0.3, -0.25) is 4.79 Å². The van der Waals surface area contributed by atoms with Gasteiger partial charge in [0.05, 0.1) is 18.3 Å². The number of aliphatic hydroxyl groups is 5. The fraction of sp³-hybridized carbons (Fsp3) is 0.652. The highest BCUT2D eigenvalue weighted by atomic mass is 16.7. The fourth-order valence-corrected chi connectivity index (χ4v) is 6.19. The number of carbonyl (C=O) groups is 2. The van der Waals surface area contributed by atoms with Gasteiger partial charge in [0.2, 0.25) is 0 Å². The van der Waals surface area contributed by atoms with Crippen LogP contribution in [0.5, 0.6) is 0 Å². The highest BCUT2D eigenvalue weighted by Gasteiger charge is 2.88. The fourth-order valence-electron chi connectivity index (χ4n) is 6.19. The van der Waals surface area contributed by atoms with Crippen LogP contribution in [0.15, 0.2) is 30.3 Å². The number of benzene rings is 1. The van der Waals surface area contributed by atoms with Crippen molar-refractivity contribution in [3.8, 4) is 0 Å². The van der Waals surface area contributed by atoms with Gasteiger partial charge in [-0.2, -0.15) is 0 Å². The molecule has 11 nitrogen and oxygen atoms in total. The Balaban J connectivity index is 1.46. The summed E-state index contributed by atoms with van der Waals surface area (Å²) in [6, 6.07) is 8.20. The van der Waals surface area contributed by atoms with Gasteiger partial charge in [0.15, 0.2) is 6.29 Å². The predicted molar refractivity (Wildman–Crippen MR) is 110 cm³/mol. The van der Waals surface area contributed by atoms with Crippen molar-refractivity contribution in [3.05, 3.63) is 35.9 Å². The third-order valence-corrected chi connectivity index (χ3v) is 8.07. The van der Waals surface area contributed by atoms with Crippen molar-refractivity contribution >= 4 is 11.9 Å². The summed E-state index contributed by atoms with van der Waals surface area (Å²) in [5, 5.41) is 51.0. The van der Waals surface area contributed by atoms with Crippen LogP contribution >= 0.6 is 0 Å². The van der Waals surface area contributed by atoms with E-state index in [0.717, 1.165) is 0 Å². The Bertz CT molecular complexity index is 969. The molecule has 0 aromatic heterocycles. The minimum absolute atomic E-state index is 0.0508. The maximum Gasteiger partial charge on any atom is 0.338 e. The maximum absolute atomic E-state index is 13.2. The van der Waals surface area contributed by atoms with Crippen molar-refractivity contribution in [1.29, 1.82) is 0 Å². The molecular formula is C23H28O11. The highest BCUT2D eigenvalue weighted by molar-refractivity contribution is 5.90.